The quantitative estimate of drug-likeness (QED) is 0.692. The van der Waals surface area contributed by atoms with Gasteiger partial charge in [0.2, 0.25) is 0 Å². The molecule has 0 atom stereocenters. The van der Waals surface area contributed by atoms with E-state index in [0.717, 1.165) is 59.7 Å². The van der Waals surface area contributed by atoms with E-state index in [1.54, 1.807) is 13.2 Å². The Hall–Kier alpha value is -2.69. The molecule has 0 bridgehead atoms. The number of carbonyl (C=O) groups excluding carboxylic acids is 1. The topological polar surface area (TPSA) is 64.1 Å². The molecule has 5 heteroatoms. The predicted molar refractivity (Wildman–Crippen MR) is 114 cm³/mol. The Bertz CT molecular complexity index is 915. The van der Waals surface area contributed by atoms with Crippen molar-refractivity contribution < 1.29 is 9.53 Å². The molecule has 1 N–H and O–H groups in total. The summed E-state index contributed by atoms with van der Waals surface area (Å²) >= 11 is 0. The van der Waals surface area contributed by atoms with E-state index < -0.39 is 0 Å². The third-order valence-electron chi connectivity index (χ3n) is 5.34. The number of anilines is 1. The van der Waals surface area contributed by atoms with Crippen molar-refractivity contribution in [3.05, 3.63) is 40.7 Å². The molecule has 1 aliphatic carbocycles. The number of benzene rings is 1. The number of nitrogens with one attached hydrogen (secondary N) is 1. The van der Waals surface area contributed by atoms with E-state index in [0.29, 0.717) is 17.4 Å². The first-order chi connectivity index (χ1) is 13.6. The van der Waals surface area contributed by atoms with Gasteiger partial charge in [-0.1, -0.05) is 33.8 Å². The number of carbonyl (C=O) groups is 1. The molecule has 1 aliphatic rings. The van der Waals surface area contributed by atoms with Crippen LogP contribution in [0.4, 0.5) is 5.82 Å². The highest BCUT2D eigenvalue weighted by Gasteiger charge is 2.22. The average Bonchev–Trinajstić information content (AvgIpc) is 3.10. The van der Waals surface area contributed by atoms with Crippen molar-refractivity contribution in [3.8, 4) is 17.0 Å². The van der Waals surface area contributed by atoms with Gasteiger partial charge in [0.25, 0.3) is 0 Å². The summed E-state index contributed by atoms with van der Waals surface area (Å²) in [5.74, 6) is 1.55. The highest BCUT2D eigenvalue weighted by atomic mass is 16.5. The number of rotatable bonds is 8. The standard InChI is InChI=1S/C23H29N3O2/c1-6-15(7-2)24-23-19(9-4)25-22(18(8-3)26-23)17-12-14-10-11-20(27)16(14)13-21(17)28-5/h10-13,15H,6-9H2,1-5H3,(H,24,26). The molecular weight excluding hydrogens is 350 g/mol. The first-order valence-corrected chi connectivity index (χ1v) is 10.2. The highest BCUT2D eigenvalue weighted by Crippen LogP contribution is 2.37. The molecule has 0 saturated heterocycles. The monoisotopic (exact) mass is 379 g/mol. The number of hydrogen-bond acceptors (Lipinski definition) is 5. The van der Waals surface area contributed by atoms with Gasteiger partial charge in [0, 0.05) is 17.2 Å². The smallest absolute Gasteiger partial charge is 0.186 e. The summed E-state index contributed by atoms with van der Waals surface area (Å²) in [4.78, 5) is 22.0. The van der Waals surface area contributed by atoms with Gasteiger partial charge in [-0.25, -0.2) is 9.97 Å². The molecule has 0 amide bonds. The first-order valence-electron chi connectivity index (χ1n) is 10.2. The normalized spacial score (nSPS) is 12.6. The molecule has 0 unspecified atom stereocenters. The number of hydrogen-bond donors (Lipinski definition) is 1. The molecule has 0 spiro atoms. The van der Waals surface area contributed by atoms with E-state index >= 15 is 0 Å². The lowest BCUT2D eigenvalue weighted by molar-refractivity contribution is 0.105. The minimum absolute atomic E-state index is 0.0145. The van der Waals surface area contributed by atoms with E-state index in [-0.39, 0.29) is 5.78 Å². The minimum Gasteiger partial charge on any atom is -0.496 e. The Morgan fingerprint density at radius 3 is 2.29 bits per heavy atom. The maximum Gasteiger partial charge on any atom is 0.186 e. The van der Waals surface area contributed by atoms with Crippen molar-refractivity contribution in [1.29, 1.82) is 0 Å². The molecule has 5 nitrogen and oxygen atoms in total. The van der Waals surface area contributed by atoms with Gasteiger partial charge in [0.15, 0.2) is 5.78 Å². The average molecular weight is 380 g/mol. The van der Waals surface area contributed by atoms with Crippen molar-refractivity contribution in [2.75, 3.05) is 12.4 Å². The van der Waals surface area contributed by atoms with Crippen LogP contribution in [0.25, 0.3) is 17.3 Å². The van der Waals surface area contributed by atoms with Gasteiger partial charge in [-0.05, 0) is 49.5 Å². The summed E-state index contributed by atoms with van der Waals surface area (Å²) in [6.45, 7) is 8.54. The van der Waals surface area contributed by atoms with Crippen LogP contribution in [0.5, 0.6) is 5.75 Å². The van der Waals surface area contributed by atoms with Crippen LogP contribution in [0.1, 0.15) is 67.8 Å². The molecule has 3 rings (SSSR count). The summed E-state index contributed by atoms with van der Waals surface area (Å²) in [6, 6.07) is 4.20. The van der Waals surface area contributed by atoms with Gasteiger partial charge >= 0.3 is 0 Å². The van der Waals surface area contributed by atoms with Gasteiger partial charge in [-0.3, -0.25) is 4.79 Å². The summed E-state index contributed by atoms with van der Waals surface area (Å²) in [5, 5.41) is 3.57. The number of allylic oxidation sites excluding steroid dienone is 1. The van der Waals surface area contributed by atoms with Crippen molar-refractivity contribution in [2.45, 2.75) is 59.4 Å². The number of fused-ring (bicyclic) bond motifs is 1. The molecule has 1 aromatic carbocycles. The largest absolute Gasteiger partial charge is 0.496 e. The zero-order valence-electron chi connectivity index (χ0n) is 17.4. The number of aryl methyl sites for hydroxylation is 2. The van der Waals surface area contributed by atoms with Crippen molar-refractivity contribution in [1.82, 2.24) is 9.97 Å². The van der Waals surface area contributed by atoms with Crippen molar-refractivity contribution >= 4 is 17.7 Å². The molecule has 1 aromatic heterocycles. The van der Waals surface area contributed by atoms with Crippen LogP contribution in [-0.2, 0) is 12.8 Å². The molecule has 1 heterocycles. The van der Waals surface area contributed by atoms with Crippen LogP contribution >= 0.6 is 0 Å². The van der Waals surface area contributed by atoms with Gasteiger partial charge in [0.1, 0.15) is 11.6 Å². The highest BCUT2D eigenvalue weighted by molar-refractivity contribution is 6.14. The lowest BCUT2D eigenvalue weighted by Crippen LogP contribution is -2.20. The third kappa shape index (κ3) is 3.66. The molecular formula is C23H29N3O2. The predicted octanol–water partition coefficient (Wildman–Crippen LogP) is 5.09. The zero-order chi connectivity index (χ0) is 20.3. The molecule has 148 valence electrons. The van der Waals surface area contributed by atoms with Crippen LogP contribution in [0, 0.1) is 0 Å². The molecule has 0 saturated carbocycles. The van der Waals surface area contributed by atoms with Gasteiger partial charge in [-0.15, -0.1) is 0 Å². The van der Waals surface area contributed by atoms with E-state index in [4.69, 9.17) is 14.7 Å². The van der Waals surface area contributed by atoms with E-state index in [9.17, 15) is 4.79 Å². The maximum absolute atomic E-state index is 12.0. The van der Waals surface area contributed by atoms with Crippen LogP contribution in [0.15, 0.2) is 18.2 Å². The second-order valence-electron chi connectivity index (χ2n) is 7.02. The fraction of sp³-hybridized carbons (Fsp3) is 0.435. The second kappa shape index (κ2) is 8.55. The van der Waals surface area contributed by atoms with Gasteiger partial charge < -0.3 is 10.1 Å². The van der Waals surface area contributed by atoms with E-state index in [2.05, 4.69) is 33.0 Å². The Kier molecular flexibility index (Phi) is 6.12. The van der Waals surface area contributed by atoms with Crippen LogP contribution < -0.4 is 10.1 Å². The number of aromatic nitrogens is 2. The van der Waals surface area contributed by atoms with Gasteiger partial charge in [-0.2, -0.15) is 0 Å². The van der Waals surface area contributed by atoms with Gasteiger partial charge in [0.05, 0.1) is 24.2 Å². The maximum atomic E-state index is 12.0. The fourth-order valence-corrected chi connectivity index (χ4v) is 3.57. The zero-order valence-corrected chi connectivity index (χ0v) is 17.4. The Labute approximate surface area is 167 Å². The van der Waals surface area contributed by atoms with Crippen molar-refractivity contribution in [3.63, 3.8) is 0 Å². The summed E-state index contributed by atoms with van der Waals surface area (Å²) in [6.07, 6.45) is 7.09. The van der Waals surface area contributed by atoms with Crippen LogP contribution in [0.3, 0.4) is 0 Å². The number of nitrogens with zero attached hydrogens (tertiary/aromatic N) is 2. The molecule has 0 fully saturated rings. The van der Waals surface area contributed by atoms with Crippen LogP contribution in [-0.4, -0.2) is 28.9 Å². The minimum atomic E-state index is 0.0145. The third-order valence-corrected chi connectivity index (χ3v) is 5.34. The summed E-state index contributed by atoms with van der Waals surface area (Å²) < 4.78 is 5.61. The Morgan fingerprint density at radius 2 is 1.68 bits per heavy atom. The van der Waals surface area contributed by atoms with E-state index in [1.165, 1.54) is 0 Å². The lowest BCUT2D eigenvalue weighted by atomic mass is 10.00. The fourth-order valence-electron chi connectivity index (χ4n) is 3.57. The molecule has 28 heavy (non-hydrogen) atoms. The second-order valence-corrected chi connectivity index (χ2v) is 7.02. The Balaban J connectivity index is 2.14. The SMILES string of the molecule is CCc1nc(-c2cc3c(cc2OC)C(=O)C=C3)c(CC)nc1NC(CC)CC. The first kappa shape index (κ1) is 20.1. The molecule has 2 aromatic rings. The van der Waals surface area contributed by atoms with E-state index in [1.807, 2.05) is 18.2 Å². The lowest BCUT2D eigenvalue weighted by Gasteiger charge is -2.20. The Morgan fingerprint density at radius 1 is 0.964 bits per heavy atom. The summed E-state index contributed by atoms with van der Waals surface area (Å²) in [5.41, 5.74) is 5.18. The molecule has 0 aliphatic heterocycles. The number of methoxy groups -OCH3 is 1. The number of ketones is 1. The number of ether oxygens (including phenoxy) is 1. The van der Waals surface area contributed by atoms with Crippen LogP contribution in [0.2, 0.25) is 0 Å². The molecule has 0 radical (unpaired) electrons. The van der Waals surface area contributed by atoms with Crippen molar-refractivity contribution in [2.24, 2.45) is 0 Å². The summed E-state index contributed by atoms with van der Waals surface area (Å²) in [7, 11) is 1.63.